The molecule has 0 fully saturated rings. The van der Waals surface area contributed by atoms with Gasteiger partial charge in [-0.1, -0.05) is 52.3 Å². The van der Waals surface area contributed by atoms with Crippen molar-refractivity contribution in [1.82, 2.24) is 4.90 Å². The van der Waals surface area contributed by atoms with Crippen LogP contribution >= 0.6 is 15.9 Å². The van der Waals surface area contributed by atoms with Crippen molar-refractivity contribution in [3.8, 4) is 0 Å². The molecule has 5 heteroatoms. The molecule has 0 spiro atoms. The number of likely N-dealkylation sites (N-methyl/N-ethyl adjacent to an activating group) is 1. The lowest BCUT2D eigenvalue weighted by molar-refractivity contribution is -0.130. The van der Waals surface area contributed by atoms with E-state index in [2.05, 4.69) is 15.9 Å². The predicted molar refractivity (Wildman–Crippen MR) is 99.8 cm³/mol. The van der Waals surface area contributed by atoms with E-state index in [0.29, 0.717) is 12.2 Å². The zero-order valence-corrected chi connectivity index (χ0v) is 15.7. The molecule has 0 aliphatic heterocycles. The standard InChI is InChI=1S/C19H21BrN2O2/c1-14-9-10-17(11-18(14)20)22(15(2)23)13-19(24)21(3)12-16-7-5-4-6-8-16/h4-11H,12-13H2,1-3H3. The third-order valence-electron chi connectivity index (χ3n) is 3.83. The van der Waals surface area contributed by atoms with Gasteiger partial charge in [-0.05, 0) is 30.2 Å². The number of anilines is 1. The number of hydrogen-bond acceptors (Lipinski definition) is 2. The number of rotatable bonds is 5. The Morgan fingerprint density at radius 1 is 1.08 bits per heavy atom. The van der Waals surface area contributed by atoms with Crippen LogP contribution in [0.25, 0.3) is 0 Å². The molecule has 2 amide bonds. The first-order valence-electron chi connectivity index (χ1n) is 7.70. The molecular weight excluding hydrogens is 368 g/mol. The predicted octanol–water partition coefficient (Wildman–Crippen LogP) is 3.77. The lowest BCUT2D eigenvalue weighted by Crippen LogP contribution is -2.40. The van der Waals surface area contributed by atoms with Crippen molar-refractivity contribution in [2.24, 2.45) is 0 Å². The zero-order chi connectivity index (χ0) is 17.7. The highest BCUT2D eigenvalue weighted by Crippen LogP contribution is 2.24. The largest absolute Gasteiger partial charge is 0.340 e. The van der Waals surface area contributed by atoms with Crippen LogP contribution in [0.4, 0.5) is 5.69 Å². The Kier molecular flexibility index (Phi) is 6.15. The first-order valence-corrected chi connectivity index (χ1v) is 8.50. The van der Waals surface area contributed by atoms with Gasteiger partial charge in [0.05, 0.1) is 0 Å². The minimum atomic E-state index is -0.160. The van der Waals surface area contributed by atoms with E-state index < -0.39 is 0 Å². The van der Waals surface area contributed by atoms with Crippen LogP contribution in [-0.2, 0) is 16.1 Å². The number of amides is 2. The molecule has 24 heavy (non-hydrogen) atoms. The van der Waals surface area contributed by atoms with E-state index in [-0.39, 0.29) is 18.4 Å². The fraction of sp³-hybridized carbons (Fsp3) is 0.263. The highest BCUT2D eigenvalue weighted by atomic mass is 79.9. The number of carbonyl (C=O) groups excluding carboxylic acids is 2. The minimum absolute atomic E-state index is 0.0220. The third-order valence-corrected chi connectivity index (χ3v) is 4.68. The monoisotopic (exact) mass is 388 g/mol. The topological polar surface area (TPSA) is 40.6 Å². The molecule has 0 saturated carbocycles. The van der Waals surface area contributed by atoms with Crippen molar-refractivity contribution in [2.45, 2.75) is 20.4 Å². The summed E-state index contributed by atoms with van der Waals surface area (Å²) in [7, 11) is 1.75. The summed E-state index contributed by atoms with van der Waals surface area (Å²) in [6.45, 7) is 3.99. The van der Waals surface area contributed by atoms with Gasteiger partial charge in [0.25, 0.3) is 0 Å². The summed E-state index contributed by atoms with van der Waals surface area (Å²) in [5.74, 6) is -0.266. The lowest BCUT2D eigenvalue weighted by Gasteiger charge is -2.25. The maximum Gasteiger partial charge on any atom is 0.242 e. The van der Waals surface area contributed by atoms with Crippen molar-refractivity contribution in [3.63, 3.8) is 0 Å². The Hall–Kier alpha value is -2.14. The van der Waals surface area contributed by atoms with E-state index >= 15 is 0 Å². The normalized spacial score (nSPS) is 10.3. The second-order valence-corrected chi connectivity index (χ2v) is 6.63. The average molecular weight is 389 g/mol. The summed E-state index contributed by atoms with van der Waals surface area (Å²) in [6.07, 6.45) is 0. The van der Waals surface area contributed by atoms with Crippen molar-refractivity contribution in [3.05, 3.63) is 64.1 Å². The zero-order valence-electron chi connectivity index (χ0n) is 14.1. The molecule has 0 heterocycles. The Balaban J connectivity index is 2.10. The van der Waals surface area contributed by atoms with Gasteiger partial charge in [0.2, 0.25) is 11.8 Å². The smallest absolute Gasteiger partial charge is 0.242 e. The lowest BCUT2D eigenvalue weighted by atomic mass is 10.2. The van der Waals surface area contributed by atoms with E-state index in [9.17, 15) is 9.59 Å². The molecular formula is C19H21BrN2O2. The number of halogens is 1. The molecule has 0 radical (unpaired) electrons. The second kappa shape index (κ2) is 8.11. The molecule has 0 atom stereocenters. The molecule has 4 nitrogen and oxygen atoms in total. The molecule has 0 saturated heterocycles. The van der Waals surface area contributed by atoms with E-state index in [0.717, 1.165) is 15.6 Å². The first-order chi connectivity index (χ1) is 11.4. The Bertz CT molecular complexity index is 731. The van der Waals surface area contributed by atoms with Crippen molar-refractivity contribution < 1.29 is 9.59 Å². The fourth-order valence-electron chi connectivity index (χ4n) is 2.34. The summed E-state index contributed by atoms with van der Waals surface area (Å²) in [5, 5.41) is 0. The van der Waals surface area contributed by atoms with Gasteiger partial charge in [0, 0.05) is 30.7 Å². The minimum Gasteiger partial charge on any atom is -0.340 e. The van der Waals surface area contributed by atoms with Crippen molar-refractivity contribution in [2.75, 3.05) is 18.5 Å². The first kappa shape index (κ1) is 18.2. The van der Waals surface area contributed by atoms with Crippen molar-refractivity contribution >= 4 is 33.4 Å². The van der Waals surface area contributed by atoms with Crippen LogP contribution in [-0.4, -0.2) is 30.3 Å². The fourth-order valence-corrected chi connectivity index (χ4v) is 2.70. The summed E-state index contributed by atoms with van der Waals surface area (Å²) >= 11 is 3.47. The van der Waals surface area contributed by atoms with E-state index in [1.165, 1.54) is 11.8 Å². The highest BCUT2D eigenvalue weighted by Gasteiger charge is 2.19. The Labute approximate surface area is 151 Å². The second-order valence-electron chi connectivity index (χ2n) is 5.77. The number of benzene rings is 2. The SMILES string of the molecule is CC(=O)N(CC(=O)N(C)Cc1ccccc1)c1ccc(C)c(Br)c1. The van der Waals surface area contributed by atoms with Gasteiger partial charge in [0.15, 0.2) is 0 Å². The van der Waals surface area contributed by atoms with Gasteiger partial charge in [-0.3, -0.25) is 9.59 Å². The molecule has 0 aromatic heterocycles. The third kappa shape index (κ3) is 4.68. The summed E-state index contributed by atoms with van der Waals surface area (Å²) in [6, 6.07) is 15.4. The summed E-state index contributed by atoms with van der Waals surface area (Å²) in [5.41, 5.74) is 2.84. The van der Waals surface area contributed by atoms with E-state index in [1.54, 1.807) is 11.9 Å². The van der Waals surface area contributed by atoms with Crippen LogP contribution in [0, 0.1) is 6.92 Å². The summed E-state index contributed by atoms with van der Waals surface area (Å²) in [4.78, 5) is 27.6. The van der Waals surface area contributed by atoms with Gasteiger partial charge in [0.1, 0.15) is 6.54 Å². The van der Waals surface area contributed by atoms with Crippen LogP contribution in [0.15, 0.2) is 53.0 Å². The van der Waals surface area contributed by atoms with Gasteiger partial charge >= 0.3 is 0 Å². The van der Waals surface area contributed by atoms with Crippen LogP contribution < -0.4 is 4.90 Å². The van der Waals surface area contributed by atoms with Gasteiger partial charge < -0.3 is 9.80 Å². The number of carbonyl (C=O) groups is 2. The van der Waals surface area contributed by atoms with Crippen LogP contribution in [0.1, 0.15) is 18.1 Å². The van der Waals surface area contributed by atoms with Gasteiger partial charge in [-0.2, -0.15) is 0 Å². The quantitative estimate of drug-likeness (QED) is 0.781. The number of hydrogen-bond donors (Lipinski definition) is 0. The molecule has 0 aliphatic carbocycles. The number of aryl methyl sites for hydroxylation is 1. The maximum absolute atomic E-state index is 12.5. The maximum atomic E-state index is 12.5. The van der Waals surface area contributed by atoms with E-state index in [4.69, 9.17) is 0 Å². The molecule has 0 unspecified atom stereocenters. The van der Waals surface area contributed by atoms with E-state index in [1.807, 2.05) is 55.5 Å². The molecule has 0 N–H and O–H groups in total. The van der Waals surface area contributed by atoms with Crippen LogP contribution in [0.5, 0.6) is 0 Å². The Morgan fingerprint density at radius 3 is 2.33 bits per heavy atom. The molecule has 126 valence electrons. The molecule has 0 bridgehead atoms. The summed E-state index contributed by atoms with van der Waals surface area (Å²) < 4.78 is 0.913. The average Bonchev–Trinajstić information content (AvgIpc) is 2.55. The van der Waals surface area contributed by atoms with Crippen LogP contribution in [0.3, 0.4) is 0 Å². The Morgan fingerprint density at radius 2 is 1.75 bits per heavy atom. The van der Waals surface area contributed by atoms with Gasteiger partial charge in [-0.25, -0.2) is 0 Å². The molecule has 2 rings (SSSR count). The molecule has 2 aromatic carbocycles. The number of nitrogens with zero attached hydrogens (tertiary/aromatic N) is 2. The molecule has 2 aromatic rings. The van der Waals surface area contributed by atoms with Gasteiger partial charge in [-0.15, -0.1) is 0 Å². The van der Waals surface area contributed by atoms with Crippen molar-refractivity contribution in [1.29, 1.82) is 0 Å². The molecule has 0 aliphatic rings. The highest BCUT2D eigenvalue weighted by molar-refractivity contribution is 9.10. The van der Waals surface area contributed by atoms with Crippen LogP contribution in [0.2, 0.25) is 0 Å².